The SMILES string of the molecule is CCC(=O)CCCCCNC=O. The predicted molar refractivity (Wildman–Crippen MR) is 47.8 cm³/mol. The molecule has 0 unspecified atom stereocenters. The van der Waals surface area contributed by atoms with E-state index in [1.54, 1.807) is 0 Å². The summed E-state index contributed by atoms with van der Waals surface area (Å²) in [5, 5.41) is 2.58. The molecule has 0 aliphatic rings. The Balaban J connectivity index is 3.00. The van der Waals surface area contributed by atoms with E-state index < -0.39 is 0 Å². The van der Waals surface area contributed by atoms with E-state index in [2.05, 4.69) is 5.32 Å². The average molecular weight is 171 g/mol. The van der Waals surface area contributed by atoms with Gasteiger partial charge in [0.25, 0.3) is 0 Å². The standard InChI is InChI=1S/C9H17NO2/c1-2-9(12)6-4-3-5-7-10-8-11/h8H,2-7H2,1H3,(H,10,11). The number of carbonyl (C=O) groups excluding carboxylic acids is 2. The number of ketones is 1. The van der Waals surface area contributed by atoms with Gasteiger partial charge in [0, 0.05) is 19.4 Å². The second-order valence-electron chi connectivity index (χ2n) is 2.77. The van der Waals surface area contributed by atoms with Gasteiger partial charge in [-0.2, -0.15) is 0 Å². The van der Waals surface area contributed by atoms with Crippen molar-refractivity contribution in [2.75, 3.05) is 6.54 Å². The van der Waals surface area contributed by atoms with Crippen molar-refractivity contribution < 1.29 is 9.59 Å². The molecular formula is C9H17NO2. The van der Waals surface area contributed by atoms with Crippen molar-refractivity contribution in [1.29, 1.82) is 0 Å². The summed E-state index contributed by atoms with van der Waals surface area (Å²) in [6.45, 7) is 2.61. The van der Waals surface area contributed by atoms with Crippen molar-refractivity contribution in [3.63, 3.8) is 0 Å². The molecule has 0 aromatic carbocycles. The van der Waals surface area contributed by atoms with E-state index in [-0.39, 0.29) is 0 Å². The van der Waals surface area contributed by atoms with Crippen LogP contribution in [0.5, 0.6) is 0 Å². The van der Waals surface area contributed by atoms with E-state index in [4.69, 9.17) is 0 Å². The first-order valence-electron chi connectivity index (χ1n) is 4.50. The molecule has 0 heterocycles. The lowest BCUT2D eigenvalue weighted by atomic mass is 10.1. The third kappa shape index (κ3) is 7.25. The van der Waals surface area contributed by atoms with E-state index in [1.165, 1.54) is 0 Å². The molecule has 3 heteroatoms. The monoisotopic (exact) mass is 171 g/mol. The smallest absolute Gasteiger partial charge is 0.207 e. The van der Waals surface area contributed by atoms with Gasteiger partial charge in [-0.3, -0.25) is 9.59 Å². The minimum absolute atomic E-state index is 0.332. The molecule has 1 amide bonds. The van der Waals surface area contributed by atoms with Gasteiger partial charge in [0.15, 0.2) is 0 Å². The van der Waals surface area contributed by atoms with Crippen LogP contribution in [0.25, 0.3) is 0 Å². The van der Waals surface area contributed by atoms with Crippen LogP contribution in [-0.2, 0) is 9.59 Å². The average Bonchev–Trinajstić information content (AvgIpc) is 2.10. The Morgan fingerprint density at radius 3 is 2.67 bits per heavy atom. The van der Waals surface area contributed by atoms with Gasteiger partial charge in [0.1, 0.15) is 5.78 Å². The molecule has 12 heavy (non-hydrogen) atoms. The maximum absolute atomic E-state index is 10.8. The van der Waals surface area contributed by atoms with Crippen molar-refractivity contribution in [2.45, 2.75) is 39.0 Å². The molecule has 0 bridgehead atoms. The van der Waals surface area contributed by atoms with E-state index in [1.807, 2.05) is 6.92 Å². The third-order valence-electron chi connectivity index (χ3n) is 1.75. The van der Waals surface area contributed by atoms with Crippen LogP contribution in [0.2, 0.25) is 0 Å². The van der Waals surface area contributed by atoms with Crippen molar-refractivity contribution in [3.8, 4) is 0 Å². The molecular weight excluding hydrogens is 154 g/mol. The Bertz CT molecular complexity index is 134. The number of hydrogen-bond acceptors (Lipinski definition) is 2. The zero-order chi connectivity index (χ0) is 9.23. The summed E-state index contributed by atoms with van der Waals surface area (Å²) in [4.78, 5) is 20.7. The van der Waals surface area contributed by atoms with Crippen LogP contribution in [0.1, 0.15) is 39.0 Å². The summed E-state index contributed by atoms with van der Waals surface area (Å²) in [5.74, 6) is 0.332. The summed E-state index contributed by atoms with van der Waals surface area (Å²) >= 11 is 0. The zero-order valence-corrected chi connectivity index (χ0v) is 7.64. The first-order valence-corrected chi connectivity index (χ1v) is 4.50. The fourth-order valence-electron chi connectivity index (χ4n) is 0.962. The first kappa shape index (κ1) is 11.1. The van der Waals surface area contributed by atoms with E-state index in [9.17, 15) is 9.59 Å². The number of hydrogen-bond donors (Lipinski definition) is 1. The normalized spacial score (nSPS) is 9.42. The fourth-order valence-corrected chi connectivity index (χ4v) is 0.962. The number of carbonyl (C=O) groups is 2. The quantitative estimate of drug-likeness (QED) is 0.441. The molecule has 0 radical (unpaired) electrons. The summed E-state index contributed by atoms with van der Waals surface area (Å²) in [7, 11) is 0. The fraction of sp³-hybridized carbons (Fsp3) is 0.778. The van der Waals surface area contributed by atoms with Crippen LogP contribution in [0.3, 0.4) is 0 Å². The molecule has 1 N–H and O–H groups in total. The molecule has 0 aromatic heterocycles. The highest BCUT2D eigenvalue weighted by Gasteiger charge is 1.96. The summed E-state index contributed by atoms with van der Waals surface area (Å²) in [6, 6.07) is 0. The van der Waals surface area contributed by atoms with Crippen LogP contribution in [0.15, 0.2) is 0 Å². The second-order valence-corrected chi connectivity index (χ2v) is 2.77. The molecule has 0 rings (SSSR count). The van der Waals surface area contributed by atoms with Gasteiger partial charge in [-0.1, -0.05) is 13.3 Å². The van der Waals surface area contributed by atoms with Crippen molar-refractivity contribution >= 4 is 12.2 Å². The maximum atomic E-state index is 10.8. The lowest BCUT2D eigenvalue weighted by Crippen LogP contribution is -2.11. The lowest BCUT2D eigenvalue weighted by molar-refractivity contribution is -0.118. The Labute approximate surface area is 73.5 Å². The van der Waals surface area contributed by atoms with Crippen molar-refractivity contribution in [3.05, 3.63) is 0 Å². The number of unbranched alkanes of at least 4 members (excludes halogenated alkanes) is 2. The van der Waals surface area contributed by atoms with Gasteiger partial charge < -0.3 is 5.32 Å². The molecule has 0 aromatic rings. The number of Topliss-reactive ketones (excluding diaryl/α,β-unsaturated/α-hetero) is 1. The van der Waals surface area contributed by atoms with Gasteiger partial charge in [0.2, 0.25) is 6.41 Å². The first-order chi connectivity index (χ1) is 5.81. The highest BCUT2D eigenvalue weighted by Crippen LogP contribution is 2.01. The van der Waals surface area contributed by atoms with Crippen molar-refractivity contribution in [2.24, 2.45) is 0 Å². The summed E-state index contributed by atoms with van der Waals surface area (Å²) < 4.78 is 0. The Morgan fingerprint density at radius 1 is 1.33 bits per heavy atom. The summed E-state index contributed by atoms with van der Waals surface area (Å²) in [6.07, 6.45) is 4.98. The molecule has 0 saturated carbocycles. The van der Waals surface area contributed by atoms with Crippen molar-refractivity contribution in [1.82, 2.24) is 5.32 Å². The Morgan fingerprint density at radius 2 is 2.08 bits per heavy atom. The van der Waals surface area contributed by atoms with Gasteiger partial charge >= 0.3 is 0 Å². The molecule has 0 aliphatic heterocycles. The third-order valence-corrected chi connectivity index (χ3v) is 1.75. The van der Waals surface area contributed by atoms with Gasteiger partial charge in [-0.15, -0.1) is 0 Å². The molecule has 0 atom stereocenters. The van der Waals surface area contributed by atoms with Gasteiger partial charge in [-0.25, -0.2) is 0 Å². The largest absolute Gasteiger partial charge is 0.359 e. The van der Waals surface area contributed by atoms with Gasteiger partial charge in [0.05, 0.1) is 0 Å². The molecule has 70 valence electrons. The number of amides is 1. The van der Waals surface area contributed by atoms with Crippen LogP contribution in [0.4, 0.5) is 0 Å². The molecule has 0 aliphatic carbocycles. The van der Waals surface area contributed by atoms with Crippen LogP contribution in [-0.4, -0.2) is 18.7 Å². The van der Waals surface area contributed by atoms with Crippen LogP contribution in [0, 0.1) is 0 Å². The molecule has 0 fully saturated rings. The zero-order valence-electron chi connectivity index (χ0n) is 7.64. The highest BCUT2D eigenvalue weighted by molar-refractivity contribution is 5.77. The van der Waals surface area contributed by atoms with E-state index in [0.717, 1.165) is 25.8 Å². The molecule has 3 nitrogen and oxygen atoms in total. The number of rotatable bonds is 8. The molecule has 0 saturated heterocycles. The second kappa shape index (κ2) is 8.24. The van der Waals surface area contributed by atoms with E-state index >= 15 is 0 Å². The summed E-state index contributed by atoms with van der Waals surface area (Å²) in [5.41, 5.74) is 0. The predicted octanol–water partition coefficient (Wildman–Crippen LogP) is 1.27. The lowest BCUT2D eigenvalue weighted by Gasteiger charge is -1.98. The Hall–Kier alpha value is -0.860. The van der Waals surface area contributed by atoms with Crippen LogP contribution >= 0.6 is 0 Å². The Kier molecular flexibility index (Phi) is 7.65. The minimum atomic E-state index is 0.332. The minimum Gasteiger partial charge on any atom is -0.359 e. The topological polar surface area (TPSA) is 46.2 Å². The van der Waals surface area contributed by atoms with Crippen LogP contribution < -0.4 is 5.32 Å². The van der Waals surface area contributed by atoms with E-state index in [0.29, 0.717) is 25.0 Å². The number of nitrogens with one attached hydrogen (secondary N) is 1. The van der Waals surface area contributed by atoms with Gasteiger partial charge in [-0.05, 0) is 12.8 Å². The highest BCUT2D eigenvalue weighted by atomic mass is 16.1. The maximum Gasteiger partial charge on any atom is 0.207 e. The molecule has 0 spiro atoms.